The highest BCUT2D eigenvalue weighted by Gasteiger charge is 2.57. The highest BCUT2D eigenvalue weighted by molar-refractivity contribution is 5.94. The standard InChI is InChI=1S/C16H18N2O4/c19-14(9-4-8-2-1-3-22-15(8)17-7-9)18-13-6-12(16(20)21)10-5-11(10)13/h4,7,10-13H,1-3,5-6H2,(H,18,19)(H,20,21)/t10-,11+,12-,13+/m1/s1. The summed E-state index contributed by atoms with van der Waals surface area (Å²) in [7, 11) is 0. The zero-order chi connectivity index (χ0) is 15.3. The van der Waals surface area contributed by atoms with Crippen molar-refractivity contribution in [2.75, 3.05) is 6.61 Å². The third-order valence-electron chi connectivity index (χ3n) is 5.08. The smallest absolute Gasteiger partial charge is 0.306 e. The van der Waals surface area contributed by atoms with Crippen molar-refractivity contribution in [2.24, 2.45) is 17.8 Å². The number of carboxylic acids is 1. The molecule has 2 fully saturated rings. The van der Waals surface area contributed by atoms with Gasteiger partial charge in [0.25, 0.3) is 5.91 Å². The number of nitrogens with one attached hydrogen (secondary N) is 1. The lowest BCUT2D eigenvalue weighted by Crippen LogP contribution is -2.36. The van der Waals surface area contributed by atoms with Crippen LogP contribution >= 0.6 is 0 Å². The molecule has 22 heavy (non-hydrogen) atoms. The van der Waals surface area contributed by atoms with E-state index in [1.165, 1.54) is 6.20 Å². The SMILES string of the molecule is O=C(N[C@H]1C[C@@H](C(=O)O)[C@@H]2C[C@@H]21)c1cnc2c(c1)CCCO2. The van der Waals surface area contributed by atoms with Gasteiger partial charge in [-0.25, -0.2) is 4.98 Å². The van der Waals surface area contributed by atoms with Crippen LogP contribution in [0.5, 0.6) is 5.88 Å². The van der Waals surface area contributed by atoms with Gasteiger partial charge in [-0.1, -0.05) is 0 Å². The van der Waals surface area contributed by atoms with Gasteiger partial charge in [0, 0.05) is 17.8 Å². The van der Waals surface area contributed by atoms with Gasteiger partial charge in [-0.3, -0.25) is 9.59 Å². The van der Waals surface area contributed by atoms with Gasteiger partial charge in [-0.15, -0.1) is 0 Å². The van der Waals surface area contributed by atoms with E-state index in [2.05, 4.69) is 10.3 Å². The molecular weight excluding hydrogens is 284 g/mol. The molecule has 3 aliphatic rings. The normalized spacial score (nSPS) is 31.6. The number of fused-ring (bicyclic) bond motifs is 2. The fourth-order valence-corrected chi connectivity index (χ4v) is 3.85. The van der Waals surface area contributed by atoms with Gasteiger partial charge in [0.05, 0.1) is 18.1 Å². The predicted molar refractivity (Wildman–Crippen MR) is 76.6 cm³/mol. The molecule has 6 nitrogen and oxygen atoms in total. The number of carbonyl (C=O) groups excluding carboxylic acids is 1. The van der Waals surface area contributed by atoms with E-state index in [4.69, 9.17) is 4.74 Å². The number of aromatic nitrogens is 1. The average molecular weight is 302 g/mol. The molecule has 1 amide bonds. The van der Waals surface area contributed by atoms with Crippen LogP contribution in [0.25, 0.3) is 0 Å². The molecule has 0 radical (unpaired) electrons. The second-order valence-corrected chi connectivity index (χ2v) is 6.46. The molecule has 2 aliphatic carbocycles. The summed E-state index contributed by atoms with van der Waals surface area (Å²) >= 11 is 0. The van der Waals surface area contributed by atoms with Gasteiger partial charge in [-0.2, -0.15) is 0 Å². The van der Waals surface area contributed by atoms with Gasteiger partial charge in [0.15, 0.2) is 0 Å². The van der Waals surface area contributed by atoms with Gasteiger partial charge in [-0.05, 0) is 43.6 Å². The Kier molecular flexibility index (Phi) is 3.06. The maximum Gasteiger partial charge on any atom is 0.306 e. The molecule has 0 saturated heterocycles. The molecule has 2 saturated carbocycles. The summed E-state index contributed by atoms with van der Waals surface area (Å²) in [5, 5.41) is 12.2. The molecule has 0 spiro atoms. The van der Waals surface area contributed by atoms with Crippen molar-refractivity contribution < 1.29 is 19.4 Å². The molecule has 1 aliphatic heterocycles. The highest BCUT2D eigenvalue weighted by atomic mass is 16.5. The Balaban J connectivity index is 1.46. The van der Waals surface area contributed by atoms with E-state index in [-0.39, 0.29) is 23.8 Å². The number of pyridine rings is 1. The maximum atomic E-state index is 12.4. The Morgan fingerprint density at radius 2 is 2.18 bits per heavy atom. The van der Waals surface area contributed by atoms with Crippen LogP contribution < -0.4 is 10.1 Å². The molecule has 4 atom stereocenters. The lowest BCUT2D eigenvalue weighted by molar-refractivity contribution is -0.142. The third-order valence-corrected chi connectivity index (χ3v) is 5.08. The predicted octanol–water partition coefficient (Wildman–Crippen LogP) is 1.25. The summed E-state index contributed by atoms with van der Waals surface area (Å²) in [5.41, 5.74) is 1.50. The van der Waals surface area contributed by atoms with Crippen molar-refractivity contribution in [1.82, 2.24) is 10.3 Å². The highest BCUT2D eigenvalue weighted by Crippen LogP contribution is 2.55. The van der Waals surface area contributed by atoms with Gasteiger partial charge < -0.3 is 15.2 Å². The van der Waals surface area contributed by atoms with Crippen molar-refractivity contribution in [3.05, 3.63) is 23.4 Å². The molecule has 116 valence electrons. The van der Waals surface area contributed by atoms with Crippen molar-refractivity contribution in [2.45, 2.75) is 31.7 Å². The molecule has 1 aromatic heterocycles. The molecule has 0 unspecified atom stereocenters. The van der Waals surface area contributed by atoms with Crippen LogP contribution in [0.4, 0.5) is 0 Å². The van der Waals surface area contributed by atoms with Crippen molar-refractivity contribution in [3.63, 3.8) is 0 Å². The van der Waals surface area contributed by atoms with Crippen LogP contribution in [0.3, 0.4) is 0 Å². The zero-order valence-corrected chi connectivity index (χ0v) is 12.1. The van der Waals surface area contributed by atoms with E-state index in [0.29, 0.717) is 30.4 Å². The number of carboxylic acid groups (broad SMARTS) is 1. The van der Waals surface area contributed by atoms with Crippen LogP contribution in [0.2, 0.25) is 0 Å². The molecule has 1 aromatic rings. The summed E-state index contributed by atoms with van der Waals surface area (Å²) in [6.07, 6.45) is 4.80. The first kappa shape index (κ1) is 13.5. The lowest BCUT2D eigenvalue weighted by Gasteiger charge is -2.18. The molecule has 6 heteroatoms. The molecule has 0 bridgehead atoms. The number of aliphatic carboxylic acids is 1. The zero-order valence-electron chi connectivity index (χ0n) is 12.1. The summed E-state index contributed by atoms with van der Waals surface area (Å²) in [5.74, 6) is -0.00143. The van der Waals surface area contributed by atoms with Crippen LogP contribution in [0.1, 0.15) is 35.2 Å². The van der Waals surface area contributed by atoms with E-state index >= 15 is 0 Å². The minimum atomic E-state index is -0.739. The average Bonchev–Trinajstić information content (AvgIpc) is 3.23. The first-order valence-electron chi connectivity index (χ1n) is 7.79. The Bertz CT molecular complexity index is 645. The van der Waals surface area contributed by atoms with Gasteiger partial charge >= 0.3 is 5.97 Å². The summed E-state index contributed by atoms with van der Waals surface area (Å²) in [6.45, 7) is 0.674. The lowest BCUT2D eigenvalue weighted by atomic mass is 10.0. The van der Waals surface area contributed by atoms with Gasteiger partial charge in [0.2, 0.25) is 5.88 Å². The van der Waals surface area contributed by atoms with E-state index in [1.807, 2.05) is 6.07 Å². The van der Waals surface area contributed by atoms with Crippen molar-refractivity contribution in [3.8, 4) is 5.88 Å². The summed E-state index contributed by atoms with van der Waals surface area (Å²) in [6, 6.07) is 1.82. The molecule has 0 aromatic carbocycles. The van der Waals surface area contributed by atoms with Crippen LogP contribution in [0.15, 0.2) is 12.3 Å². The number of rotatable bonds is 3. The molecule has 2 heterocycles. The minimum Gasteiger partial charge on any atom is -0.481 e. The fourth-order valence-electron chi connectivity index (χ4n) is 3.85. The van der Waals surface area contributed by atoms with E-state index in [9.17, 15) is 14.7 Å². The third kappa shape index (κ3) is 2.23. The fraction of sp³-hybridized carbons (Fsp3) is 0.562. The maximum absolute atomic E-state index is 12.4. The summed E-state index contributed by atoms with van der Waals surface area (Å²) < 4.78 is 5.45. The molecule has 2 N–H and O–H groups in total. The first-order valence-corrected chi connectivity index (χ1v) is 7.79. The second kappa shape index (κ2) is 4.97. The number of hydrogen-bond donors (Lipinski definition) is 2. The Labute approximate surface area is 127 Å². The van der Waals surface area contributed by atoms with Crippen molar-refractivity contribution >= 4 is 11.9 Å². The topological polar surface area (TPSA) is 88.5 Å². The van der Waals surface area contributed by atoms with E-state index < -0.39 is 5.97 Å². The van der Waals surface area contributed by atoms with Crippen LogP contribution in [-0.2, 0) is 11.2 Å². The second-order valence-electron chi connectivity index (χ2n) is 6.46. The van der Waals surface area contributed by atoms with Crippen LogP contribution in [0, 0.1) is 17.8 Å². The van der Waals surface area contributed by atoms with E-state index in [0.717, 1.165) is 24.8 Å². The quantitative estimate of drug-likeness (QED) is 0.877. The Hall–Kier alpha value is -2.11. The Morgan fingerprint density at radius 3 is 2.95 bits per heavy atom. The Morgan fingerprint density at radius 1 is 1.32 bits per heavy atom. The minimum absolute atomic E-state index is 0.0223. The van der Waals surface area contributed by atoms with Crippen molar-refractivity contribution in [1.29, 1.82) is 0 Å². The van der Waals surface area contributed by atoms with Gasteiger partial charge in [0.1, 0.15) is 0 Å². The molecular formula is C16H18N2O4. The largest absolute Gasteiger partial charge is 0.481 e. The number of amides is 1. The number of hydrogen-bond acceptors (Lipinski definition) is 4. The van der Waals surface area contributed by atoms with Crippen LogP contribution in [-0.4, -0.2) is 34.6 Å². The number of nitrogens with zero attached hydrogens (tertiary/aromatic N) is 1. The number of aryl methyl sites for hydroxylation is 1. The summed E-state index contributed by atoms with van der Waals surface area (Å²) in [4.78, 5) is 27.8. The molecule has 4 rings (SSSR count). The monoisotopic (exact) mass is 302 g/mol. The first-order chi connectivity index (χ1) is 10.6. The number of ether oxygens (including phenoxy) is 1. The number of carbonyl (C=O) groups is 2. The van der Waals surface area contributed by atoms with E-state index in [1.54, 1.807) is 0 Å².